The molecule has 3 aromatic rings. The molecule has 110 valence electrons. The number of fused-ring (bicyclic) bond motifs is 1. The average Bonchev–Trinajstić information content (AvgIpc) is 2.96. The molecule has 0 atom stereocenters. The van der Waals surface area contributed by atoms with Crippen molar-refractivity contribution in [3.63, 3.8) is 0 Å². The molecule has 0 aromatic carbocycles. The number of terminal acetylenes is 1. The minimum Gasteiger partial charge on any atom is -0.388 e. The zero-order valence-electron chi connectivity index (χ0n) is 13.0. The van der Waals surface area contributed by atoms with Crippen molar-refractivity contribution in [2.24, 2.45) is 0 Å². The molecule has 0 aliphatic carbocycles. The van der Waals surface area contributed by atoms with E-state index in [1.165, 1.54) is 5.56 Å². The third-order valence-electron chi connectivity index (χ3n) is 3.76. The molecule has 0 bridgehead atoms. The maximum absolute atomic E-state index is 5.42. The summed E-state index contributed by atoms with van der Waals surface area (Å²) < 4.78 is 1.86. The molecule has 0 unspecified atom stereocenters. The molecule has 0 saturated carbocycles. The normalized spacial score (nSPS) is 10.9. The molecule has 0 radical (unpaired) electrons. The van der Waals surface area contributed by atoms with Crippen LogP contribution >= 0.6 is 0 Å². The van der Waals surface area contributed by atoms with Crippen molar-refractivity contribution < 1.29 is 0 Å². The van der Waals surface area contributed by atoms with Crippen molar-refractivity contribution in [3.8, 4) is 23.7 Å². The number of pyridine rings is 1. The summed E-state index contributed by atoms with van der Waals surface area (Å²) >= 11 is 0. The third-order valence-corrected chi connectivity index (χ3v) is 3.76. The first-order valence-corrected chi connectivity index (χ1v) is 7.26. The lowest BCUT2D eigenvalue weighted by Crippen LogP contribution is -2.01. The number of nitrogens with zero attached hydrogens (tertiary/aromatic N) is 3. The Labute approximate surface area is 130 Å². The molecule has 3 aromatic heterocycles. The van der Waals surface area contributed by atoms with Gasteiger partial charge in [0.25, 0.3) is 0 Å². The first-order valence-electron chi connectivity index (χ1n) is 7.26. The second-order valence-electron chi connectivity index (χ2n) is 5.51. The third kappa shape index (κ3) is 2.31. The van der Waals surface area contributed by atoms with Crippen LogP contribution in [0.4, 0.5) is 5.69 Å². The molecule has 22 heavy (non-hydrogen) atoms. The first-order chi connectivity index (χ1) is 10.6. The van der Waals surface area contributed by atoms with Gasteiger partial charge >= 0.3 is 0 Å². The molecule has 0 aliphatic rings. The minimum atomic E-state index is 0.421. The molecule has 0 aliphatic heterocycles. The van der Waals surface area contributed by atoms with E-state index in [1.807, 2.05) is 36.0 Å². The van der Waals surface area contributed by atoms with Crippen molar-refractivity contribution in [2.45, 2.75) is 19.8 Å². The topological polar surface area (TPSA) is 42.2 Å². The Morgan fingerprint density at radius 1 is 1.23 bits per heavy atom. The van der Waals surface area contributed by atoms with Gasteiger partial charge in [-0.15, -0.1) is 6.42 Å². The zero-order chi connectivity index (χ0) is 15.7. The van der Waals surface area contributed by atoms with Crippen LogP contribution in [0.2, 0.25) is 0 Å². The Morgan fingerprint density at radius 2 is 2.05 bits per heavy atom. The summed E-state index contributed by atoms with van der Waals surface area (Å²) in [5.41, 5.74) is 5.87. The predicted octanol–water partition coefficient (Wildman–Crippen LogP) is 3.54. The monoisotopic (exact) mass is 290 g/mol. The van der Waals surface area contributed by atoms with Gasteiger partial charge in [-0.1, -0.05) is 19.8 Å². The van der Waals surface area contributed by atoms with Crippen LogP contribution in [0.3, 0.4) is 0 Å². The highest BCUT2D eigenvalue weighted by Crippen LogP contribution is 2.28. The second-order valence-corrected chi connectivity index (χ2v) is 5.51. The fourth-order valence-electron chi connectivity index (χ4n) is 2.55. The maximum Gasteiger partial charge on any atom is 0.0910 e. The van der Waals surface area contributed by atoms with E-state index in [-0.39, 0.29) is 0 Å². The smallest absolute Gasteiger partial charge is 0.0910 e. The van der Waals surface area contributed by atoms with Crippen molar-refractivity contribution in [3.05, 3.63) is 47.8 Å². The van der Waals surface area contributed by atoms with Gasteiger partial charge in [0, 0.05) is 24.5 Å². The summed E-state index contributed by atoms with van der Waals surface area (Å²) in [4.78, 5) is 4.60. The van der Waals surface area contributed by atoms with Crippen molar-refractivity contribution in [1.82, 2.24) is 14.6 Å². The fourth-order valence-corrected chi connectivity index (χ4v) is 2.55. The number of nitrogens with one attached hydrogen (secondary N) is 1. The minimum absolute atomic E-state index is 0.421. The van der Waals surface area contributed by atoms with Crippen LogP contribution < -0.4 is 5.32 Å². The quantitative estimate of drug-likeness (QED) is 0.750. The molecule has 1 N–H and O–H groups in total. The molecule has 3 heterocycles. The first kappa shape index (κ1) is 14.2. The summed E-state index contributed by atoms with van der Waals surface area (Å²) in [6, 6.07) is 8.02. The van der Waals surface area contributed by atoms with Gasteiger partial charge in [0.1, 0.15) is 0 Å². The number of hydrogen-bond donors (Lipinski definition) is 1. The van der Waals surface area contributed by atoms with Gasteiger partial charge in [0.05, 0.1) is 23.1 Å². The van der Waals surface area contributed by atoms with E-state index in [0.29, 0.717) is 5.92 Å². The summed E-state index contributed by atoms with van der Waals surface area (Å²) in [6.07, 6.45) is 9.05. The average molecular weight is 290 g/mol. The van der Waals surface area contributed by atoms with E-state index < -0.39 is 0 Å². The van der Waals surface area contributed by atoms with Gasteiger partial charge in [-0.3, -0.25) is 4.98 Å². The van der Waals surface area contributed by atoms with Gasteiger partial charge in [0.15, 0.2) is 0 Å². The van der Waals surface area contributed by atoms with Gasteiger partial charge in [-0.2, -0.15) is 5.10 Å². The number of rotatable bonds is 3. The van der Waals surface area contributed by atoms with Crippen molar-refractivity contribution in [1.29, 1.82) is 0 Å². The summed E-state index contributed by atoms with van der Waals surface area (Å²) in [5, 5.41) is 7.66. The van der Waals surface area contributed by atoms with Crippen LogP contribution in [0.15, 0.2) is 36.7 Å². The molecule has 4 nitrogen and oxygen atoms in total. The van der Waals surface area contributed by atoms with Crippen molar-refractivity contribution >= 4 is 11.2 Å². The lowest BCUT2D eigenvalue weighted by molar-refractivity contribution is 0.859. The van der Waals surface area contributed by atoms with Crippen LogP contribution in [-0.2, 0) is 0 Å². The summed E-state index contributed by atoms with van der Waals surface area (Å²) in [6.45, 7) is 4.32. The van der Waals surface area contributed by atoms with Crippen LogP contribution in [0.25, 0.3) is 16.9 Å². The predicted molar refractivity (Wildman–Crippen MR) is 90.0 cm³/mol. The van der Waals surface area contributed by atoms with Gasteiger partial charge in [-0.25, -0.2) is 4.52 Å². The van der Waals surface area contributed by atoms with E-state index in [9.17, 15) is 0 Å². The number of anilines is 1. The lowest BCUT2D eigenvalue weighted by Gasteiger charge is -2.13. The Balaban J connectivity index is 2.14. The highest BCUT2D eigenvalue weighted by Gasteiger charge is 2.12. The van der Waals surface area contributed by atoms with Crippen LogP contribution in [0.1, 0.15) is 30.9 Å². The Morgan fingerprint density at radius 3 is 2.73 bits per heavy atom. The highest BCUT2D eigenvalue weighted by molar-refractivity contribution is 5.69. The van der Waals surface area contributed by atoms with Gasteiger partial charge in [-0.05, 0) is 35.7 Å². The molecule has 0 fully saturated rings. The van der Waals surface area contributed by atoms with Crippen LogP contribution in [0, 0.1) is 12.3 Å². The van der Waals surface area contributed by atoms with E-state index in [2.05, 4.69) is 41.2 Å². The molecule has 0 spiro atoms. The Kier molecular flexibility index (Phi) is 3.56. The number of hydrogen-bond acceptors (Lipinski definition) is 3. The second kappa shape index (κ2) is 5.53. The lowest BCUT2D eigenvalue weighted by atomic mass is 10.0. The van der Waals surface area contributed by atoms with Crippen LogP contribution in [-0.4, -0.2) is 21.6 Å². The van der Waals surface area contributed by atoms with E-state index >= 15 is 0 Å². The summed E-state index contributed by atoms with van der Waals surface area (Å²) in [7, 11) is 1.93. The zero-order valence-corrected chi connectivity index (χ0v) is 13.0. The molecular formula is C18H18N4. The molecule has 3 rings (SSSR count). The van der Waals surface area contributed by atoms with E-state index in [4.69, 9.17) is 6.42 Å². The largest absolute Gasteiger partial charge is 0.388 e. The number of aromatic nitrogens is 3. The Hall–Kier alpha value is -2.80. The molecule has 0 amide bonds. The van der Waals surface area contributed by atoms with E-state index in [1.54, 1.807) is 6.20 Å². The molecule has 4 heteroatoms. The standard InChI is InChI=1S/C18H18N4/c1-5-13-8-14-6-7-18(22(14)21-10-13)17-9-16(19-4)15(11-20-17)12(2)3/h1,6-12H,2-4H3,(H,19,20). The summed E-state index contributed by atoms with van der Waals surface area (Å²) in [5.74, 6) is 3.03. The van der Waals surface area contributed by atoms with Crippen LogP contribution in [0.5, 0.6) is 0 Å². The van der Waals surface area contributed by atoms with E-state index in [0.717, 1.165) is 28.2 Å². The maximum atomic E-state index is 5.42. The van der Waals surface area contributed by atoms with Gasteiger partial charge < -0.3 is 5.32 Å². The molecule has 0 saturated heterocycles. The molecular weight excluding hydrogens is 272 g/mol. The highest BCUT2D eigenvalue weighted by atomic mass is 15.2. The SMILES string of the molecule is C#Cc1cnn2c(-c3cc(NC)c(C(C)C)cn3)ccc2c1. The van der Waals surface area contributed by atoms with Gasteiger partial charge in [0.2, 0.25) is 0 Å². The van der Waals surface area contributed by atoms with Crippen molar-refractivity contribution in [2.75, 3.05) is 12.4 Å². The Bertz CT molecular complexity index is 868. The fraction of sp³-hybridized carbons (Fsp3) is 0.222.